The van der Waals surface area contributed by atoms with E-state index >= 15 is 0 Å². The predicted molar refractivity (Wildman–Crippen MR) is 183 cm³/mol. The number of carbonyl (C=O) groups excluding carboxylic acids is 3. The lowest BCUT2D eigenvalue weighted by Crippen LogP contribution is -2.20. The van der Waals surface area contributed by atoms with Gasteiger partial charge in [-0.05, 0) is 96.1 Å². The van der Waals surface area contributed by atoms with Crippen molar-refractivity contribution in [3.63, 3.8) is 0 Å². The molecule has 248 valence electrons. The average molecular weight is 653 g/mol. The molecule has 0 aromatic heterocycles. The molecule has 4 aromatic carbocycles. The standard InChI is InChI=1S/C37H36N2O9/c1-43-30-15-9-27(10-16-30)38-36(41)23-47-32-19-7-25(21-34(32)45-3)5-13-29(40)14-6-26-8-20-33(35(22-26)46-4)48-24-37(42)39-28-11-17-31(44-2)18-12-28/h5-22H,23-24H2,1-4H3,(H,38,41)(H,39,42)/b13-5+,14-6+. The molecule has 11 heteroatoms. The first-order valence-electron chi connectivity index (χ1n) is 14.7. The van der Waals surface area contributed by atoms with Crippen molar-refractivity contribution >= 4 is 41.1 Å². The molecule has 0 saturated carbocycles. The number of ketones is 1. The maximum absolute atomic E-state index is 12.6. The summed E-state index contributed by atoms with van der Waals surface area (Å²) in [5.74, 6) is 2.02. The number of nitrogens with one attached hydrogen (secondary N) is 2. The Morgan fingerprint density at radius 2 is 0.917 bits per heavy atom. The molecule has 0 atom stereocenters. The molecule has 2 N–H and O–H groups in total. The summed E-state index contributed by atoms with van der Waals surface area (Å²) in [6.45, 7) is -0.447. The minimum Gasteiger partial charge on any atom is -0.497 e. The summed E-state index contributed by atoms with van der Waals surface area (Å²) < 4.78 is 32.4. The summed E-state index contributed by atoms with van der Waals surface area (Å²) in [5, 5.41) is 5.50. The Morgan fingerprint density at radius 1 is 0.521 bits per heavy atom. The summed E-state index contributed by atoms with van der Waals surface area (Å²) in [6, 6.07) is 24.1. The third kappa shape index (κ3) is 10.4. The zero-order valence-electron chi connectivity index (χ0n) is 27.0. The van der Waals surface area contributed by atoms with Crippen molar-refractivity contribution in [1.29, 1.82) is 0 Å². The van der Waals surface area contributed by atoms with Gasteiger partial charge in [0.2, 0.25) is 0 Å². The van der Waals surface area contributed by atoms with Crippen LogP contribution >= 0.6 is 0 Å². The SMILES string of the molecule is COc1ccc(NC(=O)COc2ccc(/C=C/C(=O)/C=C/c3ccc(OCC(=O)Nc4ccc(OC)cc4)c(OC)c3)cc2OC)cc1. The number of rotatable bonds is 16. The highest BCUT2D eigenvalue weighted by Crippen LogP contribution is 2.30. The smallest absolute Gasteiger partial charge is 0.262 e. The lowest BCUT2D eigenvalue weighted by atomic mass is 10.1. The molecule has 0 saturated heterocycles. The van der Waals surface area contributed by atoms with Crippen LogP contribution in [0.2, 0.25) is 0 Å². The molecule has 11 nitrogen and oxygen atoms in total. The Hall–Kier alpha value is -6.23. The van der Waals surface area contributed by atoms with Crippen LogP contribution in [0.15, 0.2) is 97.1 Å². The van der Waals surface area contributed by atoms with Crippen molar-refractivity contribution in [1.82, 2.24) is 0 Å². The molecule has 48 heavy (non-hydrogen) atoms. The Kier molecular flexibility index (Phi) is 12.6. The molecule has 0 heterocycles. The maximum atomic E-state index is 12.6. The van der Waals surface area contributed by atoms with Crippen LogP contribution in [0.4, 0.5) is 11.4 Å². The van der Waals surface area contributed by atoms with Crippen molar-refractivity contribution in [3.8, 4) is 34.5 Å². The fraction of sp³-hybridized carbons (Fsp3) is 0.162. The van der Waals surface area contributed by atoms with Gasteiger partial charge in [-0.2, -0.15) is 0 Å². The van der Waals surface area contributed by atoms with Crippen LogP contribution in [0.25, 0.3) is 12.2 Å². The van der Waals surface area contributed by atoms with Gasteiger partial charge in [0.05, 0.1) is 28.4 Å². The van der Waals surface area contributed by atoms with Gasteiger partial charge in [0.15, 0.2) is 42.0 Å². The van der Waals surface area contributed by atoms with Gasteiger partial charge in [0.25, 0.3) is 11.8 Å². The molecular formula is C37H36N2O9. The minimum atomic E-state index is -0.337. The van der Waals surface area contributed by atoms with Crippen LogP contribution in [0.5, 0.6) is 34.5 Å². The van der Waals surface area contributed by atoms with Gasteiger partial charge in [-0.25, -0.2) is 0 Å². The third-order valence-electron chi connectivity index (χ3n) is 6.72. The molecule has 0 fully saturated rings. The second-order valence-electron chi connectivity index (χ2n) is 10.0. The van der Waals surface area contributed by atoms with Crippen LogP contribution in [-0.4, -0.2) is 59.3 Å². The molecule has 0 radical (unpaired) electrons. The van der Waals surface area contributed by atoms with E-state index in [2.05, 4.69) is 10.6 Å². The zero-order chi connectivity index (χ0) is 34.3. The van der Waals surface area contributed by atoms with Gasteiger partial charge in [-0.1, -0.05) is 24.3 Å². The number of hydrogen-bond acceptors (Lipinski definition) is 9. The highest BCUT2D eigenvalue weighted by Gasteiger charge is 2.11. The van der Waals surface area contributed by atoms with Gasteiger partial charge in [-0.15, -0.1) is 0 Å². The summed E-state index contributed by atoms with van der Waals surface area (Å²) >= 11 is 0. The summed E-state index contributed by atoms with van der Waals surface area (Å²) in [7, 11) is 6.12. The summed E-state index contributed by atoms with van der Waals surface area (Å²) in [6.07, 6.45) is 6.13. The van der Waals surface area contributed by atoms with E-state index in [4.69, 9.17) is 28.4 Å². The lowest BCUT2D eigenvalue weighted by Gasteiger charge is -2.12. The topological polar surface area (TPSA) is 131 Å². The third-order valence-corrected chi connectivity index (χ3v) is 6.72. The maximum Gasteiger partial charge on any atom is 0.262 e. The fourth-order valence-electron chi connectivity index (χ4n) is 4.26. The number of benzene rings is 4. The van der Waals surface area contributed by atoms with Crippen LogP contribution in [0.1, 0.15) is 11.1 Å². The fourth-order valence-corrected chi connectivity index (χ4v) is 4.26. The predicted octanol–water partition coefficient (Wildman–Crippen LogP) is 6.05. The Labute approximate surface area is 278 Å². The summed E-state index contributed by atoms with van der Waals surface area (Å²) in [5.41, 5.74) is 2.62. The molecular weight excluding hydrogens is 616 g/mol. The number of allylic oxidation sites excluding steroid dienone is 2. The average Bonchev–Trinajstić information content (AvgIpc) is 3.12. The van der Waals surface area contributed by atoms with Gasteiger partial charge in [-0.3, -0.25) is 14.4 Å². The number of carbonyl (C=O) groups is 3. The van der Waals surface area contributed by atoms with E-state index in [1.807, 2.05) is 0 Å². The van der Waals surface area contributed by atoms with E-state index in [0.717, 1.165) is 0 Å². The van der Waals surface area contributed by atoms with Gasteiger partial charge >= 0.3 is 0 Å². The Balaban J connectivity index is 1.28. The Bertz CT molecular complexity index is 1640. The van der Waals surface area contributed by atoms with Crippen molar-refractivity contribution in [3.05, 3.63) is 108 Å². The van der Waals surface area contributed by atoms with Crippen LogP contribution in [0, 0.1) is 0 Å². The molecule has 4 rings (SSSR count). The van der Waals surface area contributed by atoms with E-state index in [-0.39, 0.29) is 30.8 Å². The molecule has 4 aromatic rings. The van der Waals surface area contributed by atoms with Crippen molar-refractivity contribution in [2.75, 3.05) is 52.3 Å². The van der Waals surface area contributed by atoms with Gasteiger partial charge in [0, 0.05) is 11.4 Å². The van der Waals surface area contributed by atoms with Crippen LogP contribution < -0.4 is 39.1 Å². The first-order valence-corrected chi connectivity index (χ1v) is 14.7. The monoisotopic (exact) mass is 652 g/mol. The second kappa shape index (κ2) is 17.5. The van der Waals surface area contributed by atoms with E-state index < -0.39 is 0 Å². The van der Waals surface area contributed by atoms with Crippen LogP contribution in [0.3, 0.4) is 0 Å². The lowest BCUT2D eigenvalue weighted by molar-refractivity contribution is -0.118. The quantitative estimate of drug-likeness (QED) is 0.139. The van der Waals surface area contributed by atoms with Crippen LogP contribution in [-0.2, 0) is 14.4 Å². The van der Waals surface area contributed by atoms with E-state index in [1.54, 1.807) is 111 Å². The van der Waals surface area contributed by atoms with Crippen molar-refractivity contribution < 1.29 is 42.8 Å². The highest BCUT2D eigenvalue weighted by atomic mass is 16.5. The molecule has 0 unspecified atom stereocenters. The second-order valence-corrected chi connectivity index (χ2v) is 10.0. The summed E-state index contributed by atoms with van der Waals surface area (Å²) in [4.78, 5) is 37.2. The van der Waals surface area contributed by atoms with Gasteiger partial charge in [0.1, 0.15) is 11.5 Å². The normalized spacial score (nSPS) is 10.8. The molecule has 0 aliphatic rings. The Morgan fingerprint density at radius 3 is 1.27 bits per heavy atom. The number of hydrogen-bond donors (Lipinski definition) is 2. The zero-order valence-corrected chi connectivity index (χ0v) is 27.0. The van der Waals surface area contributed by atoms with E-state index in [9.17, 15) is 14.4 Å². The van der Waals surface area contributed by atoms with Crippen molar-refractivity contribution in [2.45, 2.75) is 0 Å². The van der Waals surface area contributed by atoms with Crippen molar-refractivity contribution in [2.24, 2.45) is 0 Å². The van der Waals surface area contributed by atoms with E-state index in [0.29, 0.717) is 57.0 Å². The first-order chi connectivity index (χ1) is 23.3. The number of methoxy groups -OCH3 is 4. The van der Waals surface area contributed by atoms with E-state index in [1.165, 1.54) is 26.4 Å². The highest BCUT2D eigenvalue weighted by molar-refractivity contribution is 6.04. The number of anilines is 2. The largest absolute Gasteiger partial charge is 0.497 e. The first kappa shape index (κ1) is 34.6. The minimum absolute atomic E-state index is 0.224. The molecule has 0 bridgehead atoms. The van der Waals surface area contributed by atoms with Gasteiger partial charge < -0.3 is 39.1 Å². The number of amides is 2. The molecule has 2 amide bonds. The molecule has 0 aliphatic heterocycles. The number of ether oxygens (including phenoxy) is 6. The molecule has 0 spiro atoms. The molecule has 0 aliphatic carbocycles.